The van der Waals surface area contributed by atoms with E-state index in [4.69, 9.17) is 5.84 Å². The largest absolute Gasteiger partial charge is 0.341 e. The number of guanidine groups is 1. The predicted molar refractivity (Wildman–Crippen MR) is 71.6 cm³/mol. The molecule has 0 aliphatic heterocycles. The van der Waals surface area contributed by atoms with Crippen LogP contribution in [0.25, 0.3) is 0 Å². The Morgan fingerprint density at radius 3 is 2.24 bits per heavy atom. The van der Waals surface area contributed by atoms with Crippen LogP contribution in [0.1, 0.15) is 45.4 Å². The molecule has 0 spiro atoms. The molecule has 4 heteroatoms. The number of aliphatic imine (C=N–C) groups is 1. The maximum Gasteiger partial charge on any atom is 0.208 e. The highest BCUT2D eigenvalue weighted by molar-refractivity contribution is 5.79. The van der Waals surface area contributed by atoms with Crippen molar-refractivity contribution in [3.63, 3.8) is 0 Å². The van der Waals surface area contributed by atoms with Crippen LogP contribution in [0.15, 0.2) is 4.99 Å². The van der Waals surface area contributed by atoms with Gasteiger partial charge in [0, 0.05) is 19.6 Å². The van der Waals surface area contributed by atoms with E-state index in [1.54, 1.807) is 0 Å². The van der Waals surface area contributed by atoms with Gasteiger partial charge in [-0.3, -0.25) is 10.4 Å². The first-order valence-electron chi connectivity index (χ1n) is 7.09. The van der Waals surface area contributed by atoms with Gasteiger partial charge in [0.15, 0.2) is 0 Å². The number of nitrogens with two attached hydrogens (primary N) is 1. The van der Waals surface area contributed by atoms with Gasteiger partial charge in [-0.2, -0.15) is 0 Å². The summed E-state index contributed by atoms with van der Waals surface area (Å²) in [6, 6.07) is 0. The Balaban J connectivity index is 1.86. The molecule has 2 aliphatic carbocycles. The zero-order valence-electron chi connectivity index (χ0n) is 11.0. The van der Waals surface area contributed by atoms with E-state index in [1.807, 2.05) is 0 Å². The molecule has 0 atom stereocenters. The minimum atomic E-state index is 0.887. The molecule has 0 saturated heterocycles. The Morgan fingerprint density at radius 1 is 1.24 bits per heavy atom. The molecule has 17 heavy (non-hydrogen) atoms. The van der Waals surface area contributed by atoms with Crippen molar-refractivity contribution in [2.24, 2.45) is 22.7 Å². The van der Waals surface area contributed by atoms with Gasteiger partial charge in [-0.1, -0.05) is 13.3 Å². The molecule has 2 fully saturated rings. The summed E-state index contributed by atoms with van der Waals surface area (Å²) < 4.78 is 0. The lowest BCUT2D eigenvalue weighted by molar-refractivity contribution is 0.369. The van der Waals surface area contributed by atoms with Crippen molar-refractivity contribution in [1.82, 2.24) is 10.3 Å². The van der Waals surface area contributed by atoms with Gasteiger partial charge in [-0.25, -0.2) is 5.84 Å². The van der Waals surface area contributed by atoms with Gasteiger partial charge < -0.3 is 4.90 Å². The molecule has 0 heterocycles. The number of nitrogens with zero attached hydrogens (tertiary/aromatic N) is 2. The van der Waals surface area contributed by atoms with Crippen molar-refractivity contribution in [2.45, 2.75) is 45.4 Å². The fourth-order valence-corrected chi connectivity index (χ4v) is 2.05. The molecule has 98 valence electrons. The van der Waals surface area contributed by atoms with Crippen molar-refractivity contribution in [1.29, 1.82) is 0 Å². The monoisotopic (exact) mass is 238 g/mol. The van der Waals surface area contributed by atoms with Gasteiger partial charge in [0.2, 0.25) is 5.96 Å². The van der Waals surface area contributed by atoms with Gasteiger partial charge in [-0.15, -0.1) is 0 Å². The first kappa shape index (κ1) is 12.7. The molecule has 0 aromatic heterocycles. The zero-order valence-corrected chi connectivity index (χ0v) is 11.0. The van der Waals surface area contributed by atoms with E-state index in [9.17, 15) is 0 Å². The number of unbranched alkanes of at least 4 members (excludes halogenated alkanes) is 1. The quantitative estimate of drug-likeness (QED) is 0.233. The standard InChI is InChI=1S/C13H26N4/c1-2-3-8-15-13(16-14)17(9-11-4-5-11)10-12-6-7-12/h11-12H,2-10,14H2,1H3,(H,15,16). The van der Waals surface area contributed by atoms with Gasteiger partial charge in [0.1, 0.15) is 0 Å². The Kier molecular flexibility index (Phi) is 4.66. The highest BCUT2D eigenvalue weighted by Crippen LogP contribution is 2.33. The Hall–Kier alpha value is -0.770. The molecule has 0 unspecified atom stereocenters. The van der Waals surface area contributed by atoms with Crippen LogP contribution in [0.3, 0.4) is 0 Å². The molecular weight excluding hydrogens is 212 g/mol. The van der Waals surface area contributed by atoms with Crippen LogP contribution in [-0.4, -0.2) is 30.5 Å². The van der Waals surface area contributed by atoms with E-state index in [1.165, 1.54) is 32.1 Å². The smallest absolute Gasteiger partial charge is 0.208 e. The van der Waals surface area contributed by atoms with Crippen molar-refractivity contribution < 1.29 is 0 Å². The number of hydrazine groups is 1. The molecule has 0 aromatic rings. The van der Waals surface area contributed by atoms with Crippen molar-refractivity contribution in [3.8, 4) is 0 Å². The summed E-state index contributed by atoms with van der Waals surface area (Å²) in [5, 5.41) is 0. The summed E-state index contributed by atoms with van der Waals surface area (Å²) in [6.07, 6.45) is 7.86. The summed E-state index contributed by atoms with van der Waals surface area (Å²) in [4.78, 5) is 6.98. The van der Waals surface area contributed by atoms with Gasteiger partial charge in [0.05, 0.1) is 0 Å². The van der Waals surface area contributed by atoms with Crippen molar-refractivity contribution in [3.05, 3.63) is 0 Å². The van der Waals surface area contributed by atoms with Crippen LogP contribution < -0.4 is 11.3 Å². The van der Waals surface area contributed by atoms with Gasteiger partial charge in [-0.05, 0) is 43.9 Å². The second-order valence-corrected chi connectivity index (χ2v) is 5.49. The van der Waals surface area contributed by atoms with Gasteiger partial charge >= 0.3 is 0 Å². The molecule has 0 radical (unpaired) electrons. The van der Waals surface area contributed by atoms with E-state index < -0.39 is 0 Å². The molecule has 3 N–H and O–H groups in total. The van der Waals surface area contributed by atoms with Crippen LogP contribution in [0, 0.1) is 11.8 Å². The van der Waals surface area contributed by atoms with E-state index in [-0.39, 0.29) is 0 Å². The molecule has 2 saturated carbocycles. The molecule has 0 amide bonds. The maximum absolute atomic E-state index is 5.63. The second-order valence-electron chi connectivity index (χ2n) is 5.49. The van der Waals surface area contributed by atoms with Gasteiger partial charge in [0.25, 0.3) is 0 Å². The van der Waals surface area contributed by atoms with E-state index in [2.05, 4.69) is 22.2 Å². The lowest BCUT2D eigenvalue weighted by Crippen LogP contribution is -2.46. The van der Waals surface area contributed by atoms with Crippen molar-refractivity contribution in [2.75, 3.05) is 19.6 Å². The zero-order chi connectivity index (χ0) is 12.1. The Bertz CT molecular complexity index is 242. The molecular formula is C13H26N4. The topological polar surface area (TPSA) is 53.6 Å². The van der Waals surface area contributed by atoms with E-state index in [0.29, 0.717) is 0 Å². The average Bonchev–Trinajstić information content (AvgIpc) is 3.19. The number of rotatable bonds is 7. The highest BCUT2D eigenvalue weighted by Gasteiger charge is 2.30. The van der Waals surface area contributed by atoms with Crippen LogP contribution in [-0.2, 0) is 0 Å². The Morgan fingerprint density at radius 2 is 1.82 bits per heavy atom. The normalized spacial score (nSPS) is 20.5. The molecule has 0 aromatic carbocycles. The third kappa shape index (κ3) is 4.54. The Labute approximate surface area is 105 Å². The SMILES string of the molecule is CCCCN=C(NN)N(CC1CC1)CC1CC1. The van der Waals surface area contributed by atoms with Crippen molar-refractivity contribution >= 4 is 5.96 Å². The second kappa shape index (κ2) is 6.24. The lowest BCUT2D eigenvalue weighted by atomic mass is 10.3. The summed E-state index contributed by atoms with van der Waals surface area (Å²) in [7, 11) is 0. The summed E-state index contributed by atoms with van der Waals surface area (Å²) in [5.41, 5.74) is 2.80. The van der Waals surface area contributed by atoms with E-state index >= 15 is 0 Å². The van der Waals surface area contributed by atoms with Crippen LogP contribution in [0.4, 0.5) is 0 Å². The molecule has 2 rings (SSSR count). The maximum atomic E-state index is 5.63. The van der Waals surface area contributed by atoms with Crippen LogP contribution >= 0.6 is 0 Å². The highest BCUT2D eigenvalue weighted by atomic mass is 15.4. The fraction of sp³-hybridized carbons (Fsp3) is 0.923. The number of hydrogen-bond donors (Lipinski definition) is 2. The molecule has 0 bridgehead atoms. The van der Waals surface area contributed by atoms with Crippen LogP contribution in [0.2, 0.25) is 0 Å². The third-order valence-electron chi connectivity index (χ3n) is 3.55. The third-order valence-corrected chi connectivity index (χ3v) is 3.55. The minimum Gasteiger partial charge on any atom is -0.341 e. The predicted octanol–water partition coefficient (Wildman–Crippen LogP) is 1.73. The minimum absolute atomic E-state index is 0.887. The number of nitrogens with one attached hydrogen (secondary N) is 1. The lowest BCUT2D eigenvalue weighted by Gasteiger charge is -2.25. The molecule has 4 nitrogen and oxygen atoms in total. The first-order valence-corrected chi connectivity index (χ1v) is 7.09. The summed E-state index contributed by atoms with van der Waals surface area (Å²) in [6.45, 7) is 5.37. The average molecular weight is 238 g/mol. The fourth-order valence-electron chi connectivity index (χ4n) is 2.05. The summed E-state index contributed by atoms with van der Waals surface area (Å²) >= 11 is 0. The van der Waals surface area contributed by atoms with Crippen LogP contribution in [0.5, 0.6) is 0 Å². The first-order chi connectivity index (χ1) is 8.33. The number of hydrogen-bond acceptors (Lipinski definition) is 2. The summed E-state index contributed by atoms with van der Waals surface area (Å²) in [5.74, 6) is 8.31. The molecule has 2 aliphatic rings. The van der Waals surface area contributed by atoms with E-state index in [0.717, 1.165) is 43.9 Å².